The number of ether oxygens (including phenoxy) is 5. The van der Waals surface area contributed by atoms with Crippen molar-refractivity contribution in [2.45, 2.75) is 112 Å². The molecule has 4 bridgehead atoms. The zero-order valence-corrected chi connectivity index (χ0v) is 37.2. The van der Waals surface area contributed by atoms with Gasteiger partial charge in [-0.2, -0.15) is 0 Å². The number of phenols is 1. The SMILES string of the molecule is CC(=O)O.COC(=O)C1C(O)C(C)C(O)C(C)(O)/C=C/C=C(C)C(=O)Nc2c(C)c(OC(C)=O)c3c(c2O)C(=O)C(C)=C2OCOC(=C23)C(C)=CC(C)(O)C(O)C(C)C1OC(C)=O. The Bertz CT molecular complexity index is 2190. The maximum absolute atomic E-state index is 14.0. The number of hydrogen-bond donors (Lipinski definition) is 8. The molecule has 0 saturated carbocycles. The van der Waals surface area contributed by atoms with Gasteiger partial charge in [0.05, 0.1) is 42.2 Å². The molecule has 1 aromatic carbocycles. The summed E-state index contributed by atoms with van der Waals surface area (Å²) in [6, 6.07) is 0. The molecule has 3 aliphatic heterocycles. The summed E-state index contributed by atoms with van der Waals surface area (Å²) >= 11 is 0. The summed E-state index contributed by atoms with van der Waals surface area (Å²) in [5.41, 5.74) is -5.03. The molecule has 1 amide bonds. The van der Waals surface area contributed by atoms with E-state index >= 15 is 0 Å². The van der Waals surface area contributed by atoms with E-state index in [4.69, 9.17) is 33.6 Å². The molecule has 19 nitrogen and oxygen atoms in total. The maximum atomic E-state index is 14.0. The number of aliphatic hydroxyl groups is 5. The third kappa shape index (κ3) is 11.0. The van der Waals surface area contributed by atoms with Crippen molar-refractivity contribution in [3.63, 3.8) is 0 Å². The lowest BCUT2D eigenvalue weighted by atomic mass is 9.74. The highest BCUT2D eigenvalue weighted by Crippen LogP contribution is 2.53. The molecule has 9 atom stereocenters. The number of amides is 1. The monoisotopic (exact) mass is 887 g/mol. The van der Waals surface area contributed by atoms with Crippen molar-refractivity contribution in [2.75, 3.05) is 19.2 Å². The number of ketones is 1. The number of benzene rings is 1. The van der Waals surface area contributed by atoms with E-state index in [1.807, 2.05) is 0 Å². The van der Waals surface area contributed by atoms with Crippen LogP contribution in [0, 0.1) is 24.7 Å². The lowest BCUT2D eigenvalue weighted by Crippen LogP contribution is -2.55. The summed E-state index contributed by atoms with van der Waals surface area (Å²) in [4.78, 5) is 75.1. The molecule has 0 fully saturated rings. The molecule has 0 saturated heterocycles. The predicted octanol–water partition coefficient (Wildman–Crippen LogP) is 2.88. The predicted molar refractivity (Wildman–Crippen MR) is 222 cm³/mol. The minimum absolute atomic E-state index is 0.00133. The number of allylic oxidation sites excluding steroid dienone is 5. The van der Waals surface area contributed by atoms with Gasteiger partial charge in [-0.1, -0.05) is 32.1 Å². The number of aromatic hydroxyl groups is 1. The fourth-order valence-corrected chi connectivity index (χ4v) is 7.66. The third-order valence-corrected chi connectivity index (χ3v) is 10.9. The number of anilines is 1. The Kier molecular flexibility index (Phi) is 16.4. The van der Waals surface area contributed by atoms with Gasteiger partial charge in [0.25, 0.3) is 11.9 Å². The second-order valence-electron chi connectivity index (χ2n) is 16.1. The molecule has 0 aromatic heterocycles. The lowest BCUT2D eigenvalue weighted by Gasteiger charge is -2.41. The van der Waals surface area contributed by atoms with Crippen molar-refractivity contribution in [3.8, 4) is 11.5 Å². The van der Waals surface area contributed by atoms with Crippen LogP contribution in [-0.2, 0) is 42.9 Å². The first-order valence-electron chi connectivity index (χ1n) is 19.7. The number of carbonyl (C=O) groups excluding carboxylic acids is 5. The molecule has 8 N–H and O–H groups in total. The van der Waals surface area contributed by atoms with Gasteiger partial charge in [-0.05, 0) is 53.2 Å². The first-order valence-corrected chi connectivity index (χ1v) is 19.7. The van der Waals surface area contributed by atoms with E-state index in [2.05, 4.69) is 5.32 Å². The number of fused-ring (bicyclic) bond motifs is 14. The summed E-state index contributed by atoms with van der Waals surface area (Å²) in [6.07, 6.45) is -2.49. The topological polar surface area (TPSA) is 302 Å². The van der Waals surface area contributed by atoms with Crippen molar-refractivity contribution in [1.29, 1.82) is 0 Å². The quantitative estimate of drug-likeness (QED) is 0.123. The average Bonchev–Trinajstić information content (AvgIpc) is 3.19. The highest BCUT2D eigenvalue weighted by Gasteiger charge is 2.50. The van der Waals surface area contributed by atoms with E-state index in [-0.39, 0.29) is 61.9 Å². The van der Waals surface area contributed by atoms with Crippen LogP contribution in [0.1, 0.15) is 90.7 Å². The number of nitrogens with one attached hydrogen (secondary N) is 1. The molecule has 5 rings (SSSR count). The van der Waals surface area contributed by atoms with Crippen LogP contribution in [0.2, 0.25) is 0 Å². The van der Waals surface area contributed by atoms with Crippen molar-refractivity contribution in [1.82, 2.24) is 0 Å². The van der Waals surface area contributed by atoms with Crippen molar-refractivity contribution in [3.05, 3.63) is 69.2 Å². The number of aliphatic carboxylic acids is 1. The van der Waals surface area contributed by atoms with Gasteiger partial charge in [-0.15, -0.1) is 0 Å². The van der Waals surface area contributed by atoms with Gasteiger partial charge in [0.2, 0.25) is 6.79 Å². The molecule has 4 aliphatic rings. The Hall–Kier alpha value is -5.86. The summed E-state index contributed by atoms with van der Waals surface area (Å²) in [6.45, 7) is 13.6. The molecule has 346 valence electrons. The lowest BCUT2D eigenvalue weighted by molar-refractivity contribution is -0.183. The maximum Gasteiger partial charge on any atom is 0.315 e. The summed E-state index contributed by atoms with van der Waals surface area (Å²) in [5.74, 6) is -10.7. The highest BCUT2D eigenvalue weighted by atomic mass is 16.7. The van der Waals surface area contributed by atoms with Crippen LogP contribution in [-0.4, -0.2) is 121 Å². The van der Waals surface area contributed by atoms with E-state index in [1.165, 1.54) is 73.6 Å². The van der Waals surface area contributed by atoms with E-state index in [9.17, 15) is 54.6 Å². The Morgan fingerprint density at radius 3 is 1.94 bits per heavy atom. The van der Waals surface area contributed by atoms with E-state index in [1.54, 1.807) is 0 Å². The second kappa shape index (κ2) is 20.1. The summed E-state index contributed by atoms with van der Waals surface area (Å²) < 4.78 is 27.9. The molecule has 0 radical (unpaired) electrons. The van der Waals surface area contributed by atoms with Crippen LogP contribution >= 0.6 is 0 Å². The number of hydrogen-bond acceptors (Lipinski definition) is 17. The number of rotatable bonds is 3. The molecule has 1 aromatic rings. The summed E-state index contributed by atoms with van der Waals surface area (Å²) in [5, 5.41) is 79.9. The van der Waals surface area contributed by atoms with Crippen molar-refractivity contribution in [2.24, 2.45) is 17.8 Å². The van der Waals surface area contributed by atoms with Gasteiger partial charge in [0.1, 0.15) is 40.5 Å². The number of carbonyl (C=O) groups is 6. The minimum Gasteiger partial charge on any atom is -0.505 e. The van der Waals surface area contributed by atoms with Crippen molar-refractivity contribution < 1.29 is 88.2 Å². The molecule has 9 unspecified atom stereocenters. The molecule has 1 aliphatic carbocycles. The molecular weight excluding hydrogens is 830 g/mol. The number of carboxylic acid groups (broad SMARTS) is 1. The van der Waals surface area contributed by atoms with Gasteiger partial charge in [-0.3, -0.25) is 28.8 Å². The third-order valence-electron chi connectivity index (χ3n) is 10.9. The fourth-order valence-electron chi connectivity index (χ4n) is 7.66. The molecule has 0 spiro atoms. The molecule has 3 heterocycles. The highest BCUT2D eigenvalue weighted by molar-refractivity contribution is 6.21. The Labute approximate surface area is 363 Å². The molecule has 63 heavy (non-hydrogen) atoms. The van der Waals surface area contributed by atoms with E-state index < -0.39 is 101 Å². The Morgan fingerprint density at radius 2 is 1.40 bits per heavy atom. The van der Waals surface area contributed by atoms with Gasteiger partial charge in [0, 0.05) is 54.9 Å². The van der Waals surface area contributed by atoms with Gasteiger partial charge < -0.3 is 64.7 Å². The number of esters is 3. The van der Waals surface area contributed by atoms with E-state index in [0.717, 1.165) is 34.0 Å². The number of aliphatic hydroxyl groups excluding tert-OH is 3. The van der Waals surface area contributed by atoms with Crippen LogP contribution < -0.4 is 10.1 Å². The zero-order chi connectivity index (χ0) is 48.2. The normalized spacial score (nSPS) is 29.6. The Balaban J connectivity index is 0.00000253. The Morgan fingerprint density at radius 1 is 0.841 bits per heavy atom. The van der Waals surface area contributed by atoms with Crippen LogP contribution in [0.25, 0.3) is 5.57 Å². The smallest absolute Gasteiger partial charge is 0.315 e. The zero-order valence-electron chi connectivity index (χ0n) is 37.2. The number of Topliss-reactive ketones (excluding diaryl/α,β-unsaturated/α-hetero) is 1. The number of carboxylic acids is 1. The summed E-state index contributed by atoms with van der Waals surface area (Å²) in [7, 11) is 1.01. The first-order chi connectivity index (χ1) is 29.0. The average molecular weight is 888 g/mol. The fraction of sp³-hybridized carbons (Fsp3) is 0.500. The van der Waals surface area contributed by atoms with Gasteiger partial charge >= 0.3 is 17.9 Å². The van der Waals surface area contributed by atoms with Gasteiger partial charge in [0.15, 0.2) is 11.5 Å². The number of phenolic OH excluding ortho intramolecular Hbond substituents is 1. The largest absolute Gasteiger partial charge is 0.505 e. The van der Waals surface area contributed by atoms with Crippen LogP contribution in [0.5, 0.6) is 11.5 Å². The first kappa shape index (κ1) is 51.5. The molecular formula is C44H57NO18. The molecule has 19 heteroatoms. The minimum atomic E-state index is -2.26. The standard InChI is InChI=1S/C42H53NO16.C2H4O2/c1-17-13-12-14-41(9,53)37(49)21(5)31(47)28(40(52)55-11)36(59-24(8)45)22(6)38(50)42(10,54)15-18(2)33-27-25-26(30(46)20(4)34(27)57-16-56-33)32(48)29(43-39(17)51)19(3)35(25)58-23(7)44;1-2(3)4/h12-15,21-22,28,31,36-38,47-50,53-54H,16H2,1-11H3,(H,43,51);1H3,(H,3,4)/b14-12+,17-13?,18-15?;. The number of methoxy groups -OCH3 is 1. The van der Waals surface area contributed by atoms with Crippen LogP contribution in [0.15, 0.2) is 52.5 Å². The van der Waals surface area contributed by atoms with Crippen LogP contribution in [0.4, 0.5) is 5.69 Å². The van der Waals surface area contributed by atoms with E-state index in [0.29, 0.717) is 0 Å². The van der Waals surface area contributed by atoms with Crippen molar-refractivity contribution >= 4 is 46.8 Å². The van der Waals surface area contributed by atoms with Gasteiger partial charge in [-0.25, -0.2) is 0 Å². The van der Waals surface area contributed by atoms with Crippen LogP contribution in [0.3, 0.4) is 0 Å². The second-order valence-corrected chi connectivity index (χ2v) is 16.1.